The van der Waals surface area contributed by atoms with Crippen molar-refractivity contribution in [1.82, 2.24) is 4.90 Å². The van der Waals surface area contributed by atoms with E-state index < -0.39 is 9.84 Å². The van der Waals surface area contributed by atoms with Crippen LogP contribution in [0.15, 0.2) is 0 Å². The fourth-order valence-electron chi connectivity index (χ4n) is 3.22. The van der Waals surface area contributed by atoms with E-state index in [0.29, 0.717) is 6.42 Å². The van der Waals surface area contributed by atoms with E-state index in [-0.39, 0.29) is 34.3 Å². The van der Waals surface area contributed by atoms with Gasteiger partial charge in [0.05, 0.1) is 16.3 Å². The summed E-state index contributed by atoms with van der Waals surface area (Å²) in [7, 11) is -2.95. The molecule has 19 heavy (non-hydrogen) atoms. The molecule has 0 radical (unpaired) electrons. The number of hydrogen-bond donors (Lipinski definition) is 0. The van der Waals surface area contributed by atoms with Crippen molar-refractivity contribution in [2.75, 3.05) is 11.5 Å². The zero-order valence-corrected chi connectivity index (χ0v) is 13.7. The van der Waals surface area contributed by atoms with Crippen LogP contribution in [0.1, 0.15) is 45.4 Å². The van der Waals surface area contributed by atoms with Gasteiger partial charge in [0.1, 0.15) is 0 Å². The summed E-state index contributed by atoms with van der Waals surface area (Å²) in [5, 5.41) is 0. The number of carbonyl (C=O) groups excluding carboxylic acids is 1. The summed E-state index contributed by atoms with van der Waals surface area (Å²) < 4.78 is 23.3. The Morgan fingerprint density at radius 2 is 1.79 bits per heavy atom. The van der Waals surface area contributed by atoms with Crippen LogP contribution in [0.3, 0.4) is 0 Å². The summed E-state index contributed by atoms with van der Waals surface area (Å²) in [6.07, 6.45) is 6.15. The molecule has 2 rings (SSSR count). The first kappa shape index (κ1) is 15.3. The maximum Gasteiger partial charge on any atom is 0.236 e. The lowest BCUT2D eigenvalue weighted by molar-refractivity contribution is -0.135. The first-order valence-electron chi connectivity index (χ1n) is 7.07. The first-order valence-corrected chi connectivity index (χ1v) is 9.81. The van der Waals surface area contributed by atoms with Crippen LogP contribution in [0.25, 0.3) is 0 Å². The molecule has 1 aliphatic heterocycles. The number of alkyl halides is 1. The van der Waals surface area contributed by atoms with Gasteiger partial charge in [0.15, 0.2) is 9.84 Å². The lowest BCUT2D eigenvalue weighted by Crippen LogP contribution is -2.50. The van der Waals surface area contributed by atoms with Gasteiger partial charge in [0.25, 0.3) is 0 Å². The molecule has 2 aliphatic rings. The SMILES string of the molecule is CC(Br)C(=O)N(C1CCCCC1)C1CCS(=O)(=O)C1. The fraction of sp³-hybridized carbons (Fsp3) is 0.923. The van der Waals surface area contributed by atoms with Gasteiger partial charge in [-0.1, -0.05) is 35.2 Å². The number of hydrogen-bond acceptors (Lipinski definition) is 3. The molecular weight excluding hydrogens is 330 g/mol. The topological polar surface area (TPSA) is 54.5 Å². The second kappa shape index (κ2) is 6.12. The van der Waals surface area contributed by atoms with Crippen LogP contribution in [0, 0.1) is 0 Å². The quantitative estimate of drug-likeness (QED) is 0.731. The molecule has 4 nitrogen and oxygen atoms in total. The average Bonchev–Trinajstić information content (AvgIpc) is 2.71. The number of amides is 1. The molecule has 6 heteroatoms. The van der Waals surface area contributed by atoms with Crippen molar-refractivity contribution in [3.63, 3.8) is 0 Å². The normalized spacial score (nSPS) is 29.1. The second-order valence-electron chi connectivity index (χ2n) is 5.71. The van der Waals surface area contributed by atoms with Crippen molar-refractivity contribution >= 4 is 31.7 Å². The second-order valence-corrected chi connectivity index (χ2v) is 9.31. The molecule has 0 bridgehead atoms. The molecule has 0 aromatic carbocycles. The van der Waals surface area contributed by atoms with Gasteiger partial charge in [0.2, 0.25) is 5.91 Å². The Kier molecular flexibility index (Phi) is 4.93. The van der Waals surface area contributed by atoms with Gasteiger partial charge in [-0.3, -0.25) is 4.79 Å². The highest BCUT2D eigenvalue weighted by Crippen LogP contribution is 2.29. The zero-order chi connectivity index (χ0) is 14.0. The van der Waals surface area contributed by atoms with Gasteiger partial charge < -0.3 is 4.90 Å². The van der Waals surface area contributed by atoms with Crippen molar-refractivity contribution in [1.29, 1.82) is 0 Å². The number of carbonyl (C=O) groups is 1. The highest BCUT2D eigenvalue weighted by molar-refractivity contribution is 9.10. The lowest BCUT2D eigenvalue weighted by atomic mass is 9.92. The van der Waals surface area contributed by atoms with Crippen LogP contribution in [-0.4, -0.2) is 47.6 Å². The van der Waals surface area contributed by atoms with E-state index in [9.17, 15) is 13.2 Å². The minimum atomic E-state index is -2.95. The van der Waals surface area contributed by atoms with Gasteiger partial charge in [-0.2, -0.15) is 0 Å². The average molecular weight is 352 g/mol. The van der Waals surface area contributed by atoms with Crippen molar-refractivity contribution in [3.05, 3.63) is 0 Å². The smallest absolute Gasteiger partial charge is 0.236 e. The van der Waals surface area contributed by atoms with Gasteiger partial charge in [-0.25, -0.2) is 8.42 Å². The Morgan fingerprint density at radius 3 is 2.26 bits per heavy atom. The maximum atomic E-state index is 12.4. The zero-order valence-electron chi connectivity index (χ0n) is 11.3. The van der Waals surface area contributed by atoms with Gasteiger partial charge in [-0.15, -0.1) is 0 Å². The monoisotopic (exact) mass is 351 g/mol. The van der Waals surface area contributed by atoms with Crippen molar-refractivity contribution in [2.24, 2.45) is 0 Å². The van der Waals surface area contributed by atoms with Crippen molar-refractivity contribution < 1.29 is 13.2 Å². The summed E-state index contributed by atoms with van der Waals surface area (Å²) in [5.41, 5.74) is 0. The molecule has 2 fully saturated rings. The van der Waals surface area contributed by atoms with E-state index in [1.807, 2.05) is 11.8 Å². The largest absolute Gasteiger partial charge is 0.335 e. The molecule has 0 aromatic heterocycles. The Balaban J connectivity index is 2.16. The molecule has 110 valence electrons. The van der Waals surface area contributed by atoms with Crippen LogP contribution < -0.4 is 0 Å². The van der Waals surface area contributed by atoms with Crippen molar-refractivity contribution in [2.45, 2.75) is 62.4 Å². The molecule has 1 saturated carbocycles. The molecule has 0 spiro atoms. The molecule has 1 amide bonds. The third-order valence-electron chi connectivity index (χ3n) is 4.16. The number of halogens is 1. The van der Waals surface area contributed by atoms with E-state index in [4.69, 9.17) is 0 Å². The standard InChI is InChI=1S/C13H22BrNO3S/c1-10(14)13(16)15(11-5-3-2-4-6-11)12-7-8-19(17,18)9-12/h10-12H,2-9H2,1H3. The summed E-state index contributed by atoms with van der Waals surface area (Å²) in [6.45, 7) is 1.82. The van der Waals surface area contributed by atoms with E-state index >= 15 is 0 Å². The Morgan fingerprint density at radius 1 is 1.16 bits per heavy atom. The summed E-state index contributed by atoms with van der Waals surface area (Å²) in [6, 6.07) is 0.125. The minimum Gasteiger partial charge on any atom is -0.335 e. The predicted molar refractivity (Wildman–Crippen MR) is 79.2 cm³/mol. The van der Waals surface area contributed by atoms with E-state index in [0.717, 1.165) is 25.7 Å². The van der Waals surface area contributed by atoms with Crippen LogP contribution >= 0.6 is 15.9 Å². The summed E-state index contributed by atoms with van der Waals surface area (Å²) in [5.74, 6) is 0.425. The van der Waals surface area contributed by atoms with Gasteiger partial charge in [-0.05, 0) is 26.2 Å². The number of sulfone groups is 1. The minimum absolute atomic E-state index is 0.0500. The van der Waals surface area contributed by atoms with Gasteiger partial charge >= 0.3 is 0 Å². The van der Waals surface area contributed by atoms with Crippen LogP contribution in [0.4, 0.5) is 0 Å². The molecular formula is C13H22BrNO3S. The molecule has 2 unspecified atom stereocenters. The van der Waals surface area contributed by atoms with Crippen LogP contribution in [0.5, 0.6) is 0 Å². The fourth-order valence-corrected chi connectivity index (χ4v) is 5.17. The molecule has 1 saturated heterocycles. The van der Waals surface area contributed by atoms with Gasteiger partial charge in [0, 0.05) is 12.1 Å². The Hall–Kier alpha value is -0.100. The Labute approximate surface area is 124 Å². The predicted octanol–water partition coefficient (Wildman–Crippen LogP) is 2.12. The highest BCUT2D eigenvalue weighted by atomic mass is 79.9. The highest BCUT2D eigenvalue weighted by Gasteiger charge is 2.39. The lowest BCUT2D eigenvalue weighted by Gasteiger charge is -2.39. The van der Waals surface area contributed by atoms with Crippen LogP contribution in [0.2, 0.25) is 0 Å². The molecule has 2 atom stereocenters. The summed E-state index contributed by atoms with van der Waals surface area (Å²) in [4.78, 5) is 14.1. The third-order valence-corrected chi connectivity index (χ3v) is 6.31. The third kappa shape index (κ3) is 3.72. The van der Waals surface area contributed by atoms with E-state index in [1.165, 1.54) is 6.42 Å². The molecule has 0 N–H and O–H groups in total. The molecule has 0 aromatic rings. The number of nitrogens with zero attached hydrogens (tertiary/aromatic N) is 1. The summed E-state index contributed by atoms with van der Waals surface area (Å²) >= 11 is 3.34. The molecule has 1 aliphatic carbocycles. The molecule has 1 heterocycles. The van der Waals surface area contributed by atoms with Crippen LogP contribution in [-0.2, 0) is 14.6 Å². The Bertz CT molecular complexity index is 429. The van der Waals surface area contributed by atoms with Crippen molar-refractivity contribution in [3.8, 4) is 0 Å². The van der Waals surface area contributed by atoms with E-state index in [2.05, 4.69) is 15.9 Å². The maximum absolute atomic E-state index is 12.4. The first-order chi connectivity index (χ1) is 8.91. The van der Waals surface area contributed by atoms with E-state index in [1.54, 1.807) is 0 Å². The number of rotatable bonds is 3.